The number of aliphatic hydroxyl groups excluding tert-OH is 1. The fourth-order valence-electron chi connectivity index (χ4n) is 2.82. The van der Waals surface area contributed by atoms with Crippen LogP contribution < -0.4 is 0 Å². The second-order valence-electron chi connectivity index (χ2n) is 5.61. The van der Waals surface area contributed by atoms with Gasteiger partial charge in [-0.3, -0.25) is 0 Å². The summed E-state index contributed by atoms with van der Waals surface area (Å²) in [6.45, 7) is 10.5. The topological polar surface area (TPSA) is 20.2 Å². The normalized spacial score (nSPS) is 12.6. The summed E-state index contributed by atoms with van der Waals surface area (Å²) in [7, 11) is 0. The number of rotatable bonds is 2. The zero-order valence-corrected chi connectivity index (χ0v) is 15.4. The van der Waals surface area contributed by atoms with E-state index in [4.69, 9.17) is 11.6 Å². The molecule has 0 aliphatic carbocycles. The predicted molar refractivity (Wildman–Crippen MR) is 93.3 cm³/mol. The fourth-order valence-corrected chi connectivity index (χ4v) is 3.42. The van der Waals surface area contributed by atoms with Gasteiger partial charge in [0.1, 0.15) is 6.10 Å². The van der Waals surface area contributed by atoms with Gasteiger partial charge in [0.15, 0.2) is 0 Å². The van der Waals surface area contributed by atoms with Crippen molar-refractivity contribution in [1.29, 1.82) is 0 Å². The van der Waals surface area contributed by atoms with Crippen LogP contribution in [0.25, 0.3) is 0 Å². The van der Waals surface area contributed by atoms with E-state index in [1.54, 1.807) is 0 Å². The Morgan fingerprint density at radius 3 is 1.90 bits per heavy atom. The van der Waals surface area contributed by atoms with E-state index in [-0.39, 0.29) is 0 Å². The van der Waals surface area contributed by atoms with E-state index in [0.717, 1.165) is 26.7 Å². The maximum atomic E-state index is 10.9. The van der Waals surface area contributed by atoms with Crippen LogP contribution in [0.1, 0.15) is 45.0 Å². The van der Waals surface area contributed by atoms with Crippen molar-refractivity contribution in [2.45, 2.75) is 40.7 Å². The van der Waals surface area contributed by atoms with Gasteiger partial charge in [0, 0.05) is 15.1 Å². The molecule has 0 aromatic heterocycles. The second-order valence-corrected chi connectivity index (χ2v) is 6.93. The molecular weight excluding hydrogens is 348 g/mol. The maximum absolute atomic E-state index is 10.9. The molecule has 0 aliphatic rings. The lowest BCUT2D eigenvalue weighted by Gasteiger charge is -2.23. The van der Waals surface area contributed by atoms with E-state index in [9.17, 15) is 5.11 Å². The van der Waals surface area contributed by atoms with Crippen LogP contribution >= 0.6 is 27.5 Å². The molecule has 0 saturated carbocycles. The van der Waals surface area contributed by atoms with Gasteiger partial charge in [-0.05, 0) is 86.2 Å². The van der Waals surface area contributed by atoms with E-state index in [0.29, 0.717) is 5.02 Å². The van der Waals surface area contributed by atoms with Crippen LogP contribution in [0.3, 0.4) is 0 Å². The van der Waals surface area contributed by atoms with E-state index in [1.165, 1.54) is 16.7 Å². The fraction of sp³-hybridized carbons (Fsp3) is 0.333. The van der Waals surface area contributed by atoms with Gasteiger partial charge in [-0.2, -0.15) is 0 Å². The first-order valence-electron chi connectivity index (χ1n) is 6.95. The molecular formula is C18H20BrClO. The van der Waals surface area contributed by atoms with Crippen molar-refractivity contribution in [3.63, 3.8) is 0 Å². The average Bonchev–Trinajstić information content (AvgIpc) is 2.45. The van der Waals surface area contributed by atoms with E-state index < -0.39 is 6.10 Å². The molecule has 0 saturated heterocycles. The summed E-state index contributed by atoms with van der Waals surface area (Å²) < 4.78 is 0.914. The third-order valence-electron chi connectivity index (χ3n) is 4.58. The summed E-state index contributed by atoms with van der Waals surface area (Å²) in [6, 6.07) is 5.57. The van der Waals surface area contributed by atoms with E-state index in [1.807, 2.05) is 18.2 Å². The Labute approximate surface area is 140 Å². The molecule has 0 fully saturated rings. The van der Waals surface area contributed by atoms with Crippen molar-refractivity contribution >= 4 is 27.5 Å². The third kappa shape index (κ3) is 2.90. The Kier molecular flexibility index (Phi) is 4.82. The Morgan fingerprint density at radius 1 is 0.905 bits per heavy atom. The van der Waals surface area contributed by atoms with E-state index in [2.05, 4.69) is 50.5 Å². The van der Waals surface area contributed by atoms with Crippen molar-refractivity contribution in [3.8, 4) is 0 Å². The van der Waals surface area contributed by atoms with Crippen molar-refractivity contribution in [3.05, 3.63) is 66.6 Å². The highest BCUT2D eigenvalue weighted by atomic mass is 79.9. The second kappa shape index (κ2) is 6.12. The van der Waals surface area contributed by atoms with Crippen LogP contribution in [0.5, 0.6) is 0 Å². The lowest BCUT2D eigenvalue weighted by Crippen LogP contribution is -2.09. The number of halogens is 2. The highest BCUT2D eigenvalue weighted by molar-refractivity contribution is 9.10. The largest absolute Gasteiger partial charge is 0.384 e. The van der Waals surface area contributed by atoms with Crippen molar-refractivity contribution < 1.29 is 5.11 Å². The maximum Gasteiger partial charge on any atom is 0.106 e. The summed E-state index contributed by atoms with van der Waals surface area (Å²) in [4.78, 5) is 0. The van der Waals surface area contributed by atoms with Gasteiger partial charge >= 0.3 is 0 Å². The SMILES string of the molecule is Cc1c(C)c(C)c(C(O)c2cc(Br)ccc2Cl)c(C)c1C. The van der Waals surface area contributed by atoms with Gasteiger partial charge in [-0.15, -0.1) is 0 Å². The molecule has 0 spiro atoms. The van der Waals surface area contributed by atoms with Gasteiger partial charge in [-0.1, -0.05) is 27.5 Å². The minimum atomic E-state index is -0.715. The Balaban J connectivity index is 2.69. The first-order chi connectivity index (χ1) is 9.75. The first kappa shape index (κ1) is 16.5. The Bertz CT molecular complexity index is 678. The van der Waals surface area contributed by atoms with Crippen LogP contribution in [0.2, 0.25) is 5.02 Å². The van der Waals surface area contributed by atoms with E-state index >= 15 is 0 Å². The van der Waals surface area contributed by atoms with Gasteiger partial charge in [0.05, 0.1) is 0 Å². The third-order valence-corrected chi connectivity index (χ3v) is 5.42. The van der Waals surface area contributed by atoms with Crippen LogP contribution in [0.4, 0.5) is 0 Å². The predicted octanol–water partition coefficient (Wildman–Crippen LogP) is 5.73. The Hall–Kier alpha value is -0.830. The minimum Gasteiger partial charge on any atom is -0.384 e. The summed E-state index contributed by atoms with van der Waals surface area (Å²) in [5, 5.41) is 11.5. The number of benzene rings is 2. The quantitative estimate of drug-likeness (QED) is 0.719. The zero-order valence-electron chi connectivity index (χ0n) is 13.0. The zero-order chi connectivity index (χ0) is 15.9. The molecule has 0 aliphatic heterocycles. The Morgan fingerprint density at radius 2 is 1.38 bits per heavy atom. The van der Waals surface area contributed by atoms with Gasteiger partial charge < -0.3 is 5.11 Å². The molecule has 3 heteroatoms. The molecule has 1 atom stereocenters. The molecule has 2 aromatic rings. The molecule has 21 heavy (non-hydrogen) atoms. The molecule has 0 radical (unpaired) electrons. The number of aliphatic hydroxyl groups is 1. The number of hydrogen-bond acceptors (Lipinski definition) is 1. The molecule has 1 nitrogen and oxygen atoms in total. The van der Waals surface area contributed by atoms with Crippen molar-refractivity contribution in [2.75, 3.05) is 0 Å². The molecule has 0 heterocycles. The molecule has 1 N–H and O–H groups in total. The molecule has 2 aromatic carbocycles. The van der Waals surface area contributed by atoms with Gasteiger partial charge in [0.25, 0.3) is 0 Å². The monoisotopic (exact) mass is 366 g/mol. The smallest absolute Gasteiger partial charge is 0.106 e. The van der Waals surface area contributed by atoms with Crippen molar-refractivity contribution in [2.24, 2.45) is 0 Å². The molecule has 0 amide bonds. The van der Waals surface area contributed by atoms with Crippen LogP contribution in [0.15, 0.2) is 22.7 Å². The molecule has 0 bridgehead atoms. The van der Waals surface area contributed by atoms with Crippen LogP contribution in [-0.4, -0.2) is 5.11 Å². The van der Waals surface area contributed by atoms with Crippen LogP contribution in [-0.2, 0) is 0 Å². The van der Waals surface area contributed by atoms with Crippen LogP contribution in [0, 0.1) is 34.6 Å². The molecule has 2 rings (SSSR count). The standard InChI is InChI=1S/C18H20BrClO/c1-9-10(2)12(4)17(13(5)11(9)3)18(21)15-8-14(19)6-7-16(15)20/h6-8,18,21H,1-5H3. The summed E-state index contributed by atoms with van der Waals surface area (Å²) in [5.41, 5.74) is 7.74. The summed E-state index contributed by atoms with van der Waals surface area (Å²) >= 11 is 9.72. The first-order valence-corrected chi connectivity index (χ1v) is 8.12. The van der Waals surface area contributed by atoms with Crippen molar-refractivity contribution in [1.82, 2.24) is 0 Å². The average molecular weight is 368 g/mol. The molecule has 112 valence electrons. The number of hydrogen-bond donors (Lipinski definition) is 1. The van der Waals surface area contributed by atoms with Gasteiger partial charge in [-0.25, -0.2) is 0 Å². The summed E-state index contributed by atoms with van der Waals surface area (Å²) in [6.07, 6.45) is -0.715. The molecule has 1 unspecified atom stereocenters. The lowest BCUT2D eigenvalue weighted by atomic mass is 9.85. The minimum absolute atomic E-state index is 0.584. The van der Waals surface area contributed by atoms with Gasteiger partial charge in [0.2, 0.25) is 0 Å². The summed E-state index contributed by atoms with van der Waals surface area (Å²) in [5.74, 6) is 0. The highest BCUT2D eigenvalue weighted by Gasteiger charge is 2.21. The lowest BCUT2D eigenvalue weighted by molar-refractivity contribution is 0.218. The highest BCUT2D eigenvalue weighted by Crippen LogP contribution is 2.36.